The molecule has 0 heterocycles. The summed E-state index contributed by atoms with van der Waals surface area (Å²) in [5.41, 5.74) is 9.29. The Bertz CT molecular complexity index is 1070. The normalized spacial score (nSPS) is 11.2. The first-order valence-electron chi connectivity index (χ1n) is 8.61. The monoisotopic (exact) mass is 356 g/mol. The van der Waals surface area contributed by atoms with Crippen LogP contribution in [0.4, 0.5) is 0 Å². The van der Waals surface area contributed by atoms with Crippen molar-refractivity contribution in [3.63, 3.8) is 0 Å². The van der Waals surface area contributed by atoms with Gasteiger partial charge in [-0.2, -0.15) is 5.26 Å². The van der Waals surface area contributed by atoms with E-state index in [0.29, 0.717) is 17.9 Å². The number of carbonyl (C=O) groups is 1. The third-order valence-electron chi connectivity index (χ3n) is 4.28. The molecule has 0 saturated carbocycles. The molecule has 0 saturated heterocycles. The number of carbonyl (C=O) groups excluding carboxylic acids is 1. The van der Waals surface area contributed by atoms with E-state index in [1.54, 1.807) is 0 Å². The average molecular weight is 356 g/mol. The van der Waals surface area contributed by atoms with Crippen LogP contribution in [0.1, 0.15) is 22.3 Å². The minimum atomic E-state index is -0.759. The van der Waals surface area contributed by atoms with Crippen molar-refractivity contribution in [2.75, 3.05) is 0 Å². The van der Waals surface area contributed by atoms with Crippen LogP contribution in [-0.2, 0) is 11.4 Å². The molecule has 27 heavy (non-hydrogen) atoms. The van der Waals surface area contributed by atoms with Crippen LogP contribution in [0.2, 0.25) is 0 Å². The van der Waals surface area contributed by atoms with Crippen molar-refractivity contribution < 1.29 is 9.53 Å². The molecule has 134 valence electrons. The van der Waals surface area contributed by atoms with Gasteiger partial charge in [0.05, 0.1) is 0 Å². The van der Waals surface area contributed by atoms with Crippen LogP contribution in [0.15, 0.2) is 60.2 Å². The highest BCUT2D eigenvalue weighted by Gasteiger charge is 2.11. The van der Waals surface area contributed by atoms with Gasteiger partial charge < -0.3 is 10.5 Å². The largest absolute Gasteiger partial charge is 0.488 e. The lowest BCUT2D eigenvalue weighted by molar-refractivity contribution is -0.114. The van der Waals surface area contributed by atoms with Gasteiger partial charge in [-0.05, 0) is 42.3 Å². The van der Waals surface area contributed by atoms with Gasteiger partial charge in [0.25, 0.3) is 5.91 Å². The van der Waals surface area contributed by atoms with Crippen molar-refractivity contribution in [1.29, 1.82) is 5.26 Å². The van der Waals surface area contributed by atoms with E-state index in [0.717, 1.165) is 16.3 Å². The maximum atomic E-state index is 11.5. The molecule has 0 aliphatic rings. The Morgan fingerprint density at radius 1 is 1.11 bits per heavy atom. The number of primary amides is 1. The molecule has 0 aliphatic carbocycles. The van der Waals surface area contributed by atoms with Crippen molar-refractivity contribution in [3.05, 3.63) is 82.4 Å². The second kappa shape index (κ2) is 7.76. The highest BCUT2D eigenvalue weighted by Crippen LogP contribution is 2.31. The minimum absolute atomic E-state index is 0.109. The van der Waals surface area contributed by atoms with Gasteiger partial charge in [-0.25, -0.2) is 0 Å². The smallest absolute Gasteiger partial charge is 0.259 e. The lowest BCUT2D eigenvalue weighted by Crippen LogP contribution is -2.12. The predicted molar refractivity (Wildman–Crippen MR) is 107 cm³/mol. The fourth-order valence-electron chi connectivity index (χ4n) is 3.17. The molecule has 0 aliphatic heterocycles. The fourth-order valence-corrected chi connectivity index (χ4v) is 3.17. The maximum absolute atomic E-state index is 11.5. The molecule has 3 aromatic carbocycles. The van der Waals surface area contributed by atoms with E-state index in [4.69, 9.17) is 10.5 Å². The molecule has 3 rings (SSSR count). The molecule has 4 heteroatoms. The summed E-state index contributed by atoms with van der Waals surface area (Å²) in [6.45, 7) is 4.49. The predicted octanol–water partition coefficient (Wildman–Crippen LogP) is 4.43. The summed E-state index contributed by atoms with van der Waals surface area (Å²) in [4.78, 5) is 11.5. The van der Waals surface area contributed by atoms with Crippen molar-refractivity contribution in [2.24, 2.45) is 5.73 Å². The second-order valence-corrected chi connectivity index (χ2v) is 6.52. The molecule has 1 amide bonds. The molecule has 2 N–H and O–H groups in total. The summed E-state index contributed by atoms with van der Waals surface area (Å²) in [5.74, 6) is -0.160. The van der Waals surface area contributed by atoms with Crippen molar-refractivity contribution in [2.45, 2.75) is 20.5 Å². The van der Waals surface area contributed by atoms with E-state index in [1.807, 2.05) is 56.3 Å². The molecule has 0 fully saturated rings. The highest BCUT2D eigenvalue weighted by atomic mass is 16.5. The van der Waals surface area contributed by atoms with E-state index >= 15 is 0 Å². The molecule has 0 spiro atoms. The van der Waals surface area contributed by atoms with Crippen LogP contribution in [0.5, 0.6) is 5.75 Å². The van der Waals surface area contributed by atoms with Gasteiger partial charge in [0.15, 0.2) is 0 Å². The molecular formula is C23H20N2O2. The molecule has 0 aromatic heterocycles. The van der Waals surface area contributed by atoms with Crippen LogP contribution in [0.3, 0.4) is 0 Å². The quantitative estimate of drug-likeness (QED) is 0.543. The number of nitrogens with two attached hydrogens (primary N) is 1. The Hall–Kier alpha value is -3.58. The zero-order valence-electron chi connectivity index (χ0n) is 15.3. The van der Waals surface area contributed by atoms with Gasteiger partial charge in [0.2, 0.25) is 0 Å². The van der Waals surface area contributed by atoms with Crippen molar-refractivity contribution in [3.8, 4) is 11.8 Å². The lowest BCUT2D eigenvalue weighted by atomic mass is 10.0. The average Bonchev–Trinajstić information content (AvgIpc) is 2.63. The van der Waals surface area contributed by atoms with Crippen molar-refractivity contribution in [1.82, 2.24) is 0 Å². The second-order valence-electron chi connectivity index (χ2n) is 6.52. The Balaban J connectivity index is 2.05. The van der Waals surface area contributed by atoms with Gasteiger partial charge in [-0.15, -0.1) is 0 Å². The number of nitrogens with zero attached hydrogens (tertiary/aromatic N) is 1. The topological polar surface area (TPSA) is 76.1 Å². The Morgan fingerprint density at radius 2 is 1.81 bits per heavy atom. The molecule has 0 radical (unpaired) electrons. The molecule has 0 atom stereocenters. The van der Waals surface area contributed by atoms with Crippen molar-refractivity contribution >= 4 is 22.8 Å². The molecule has 0 unspecified atom stereocenters. The molecule has 3 aromatic rings. The van der Waals surface area contributed by atoms with E-state index in [-0.39, 0.29) is 5.57 Å². The van der Waals surface area contributed by atoms with Gasteiger partial charge in [0.1, 0.15) is 24.0 Å². The van der Waals surface area contributed by atoms with Gasteiger partial charge in [-0.3, -0.25) is 4.79 Å². The minimum Gasteiger partial charge on any atom is -0.488 e. The number of nitriles is 1. The highest BCUT2D eigenvalue weighted by molar-refractivity contribution is 6.04. The van der Waals surface area contributed by atoms with Gasteiger partial charge in [0, 0.05) is 5.56 Å². The van der Waals surface area contributed by atoms with E-state index in [9.17, 15) is 10.1 Å². The zero-order chi connectivity index (χ0) is 19.4. The Kier molecular flexibility index (Phi) is 5.23. The number of aryl methyl sites for hydroxylation is 2. The Labute approximate surface area is 158 Å². The number of amides is 1. The SMILES string of the molecule is Cc1cc(C)cc(COc2ccc3ccccc3c2/C=C(\C#N)C(N)=O)c1. The molecule has 0 bridgehead atoms. The van der Waals surface area contributed by atoms with Crippen LogP contribution >= 0.6 is 0 Å². The first kappa shape index (κ1) is 18.2. The van der Waals surface area contributed by atoms with Gasteiger partial charge in [-0.1, -0.05) is 59.7 Å². The maximum Gasteiger partial charge on any atom is 0.259 e. The molecular weight excluding hydrogens is 336 g/mol. The van der Waals surface area contributed by atoms with Crippen LogP contribution < -0.4 is 10.5 Å². The van der Waals surface area contributed by atoms with Crippen LogP contribution in [0, 0.1) is 25.2 Å². The zero-order valence-corrected chi connectivity index (χ0v) is 15.3. The van der Waals surface area contributed by atoms with Crippen LogP contribution in [0.25, 0.3) is 16.8 Å². The number of hydrogen-bond acceptors (Lipinski definition) is 3. The summed E-state index contributed by atoms with van der Waals surface area (Å²) in [5, 5.41) is 11.1. The standard InChI is InChI=1S/C23H20N2O2/c1-15-9-16(2)11-17(10-15)14-27-22-8-7-18-5-3-4-6-20(18)21(22)12-19(13-24)23(25)26/h3-12H,14H2,1-2H3,(H2,25,26)/b19-12+. The summed E-state index contributed by atoms with van der Waals surface area (Å²) < 4.78 is 6.06. The lowest BCUT2D eigenvalue weighted by Gasteiger charge is -2.13. The number of fused-ring (bicyclic) bond motifs is 1. The first-order chi connectivity index (χ1) is 13.0. The van der Waals surface area contributed by atoms with Gasteiger partial charge >= 0.3 is 0 Å². The Morgan fingerprint density at radius 3 is 2.48 bits per heavy atom. The van der Waals surface area contributed by atoms with E-state index < -0.39 is 5.91 Å². The third kappa shape index (κ3) is 4.16. The summed E-state index contributed by atoms with van der Waals surface area (Å²) in [6.07, 6.45) is 1.50. The number of benzene rings is 3. The van der Waals surface area contributed by atoms with E-state index in [2.05, 4.69) is 18.2 Å². The number of rotatable bonds is 5. The van der Waals surface area contributed by atoms with Crippen LogP contribution in [-0.4, -0.2) is 5.91 Å². The number of ether oxygens (including phenoxy) is 1. The third-order valence-corrected chi connectivity index (χ3v) is 4.28. The number of hydrogen-bond donors (Lipinski definition) is 1. The summed E-state index contributed by atoms with van der Waals surface area (Å²) >= 11 is 0. The first-order valence-corrected chi connectivity index (χ1v) is 8.61. The fraction of sp³-hybridized carbons (Fsp3) is 0.130. The van der Waals surface area contributed by atoms with E-state index in [1.165, 1.54) is 17.2 Å². The summed E-state index contributed by atoms with van der Waals surface area (Å²) in [7, 11) is 0. The summed E-state index contributed by atoms with van der Waals surface area (Å²) in [6, 6.07) is 19.7. The molecule has 4 nitrogen and oxygen atoms in total.